The standard InChI is InChI=1S/C44H35N3/c1-43-26-44(24-31(43)19-20-32(43)25-44)30-12-8-11-29(23-30)40-36-21-17-28-10-3-5-14-34(28)41(36)46-42(45-40)47-37-16-7-6-15-35(37)39-33-13-4-2-9-27(33)18-22-38(39)47/h2-18,21-23,31-32H,19-20,24-26H2,1H3/t31-,32?,43?,44?/m1/s1. The Morgan fingerprint density at radius 2 is 1.32 bits per heavy atom. The van der Waals surface area contributed by atoms with Crippen LogP contribution in [-0.4, -0.2) is 14.5 Å². The van der Waals surface area contributed by atoms with Crippen molar-refractivity contribution in [2.24, 2.45) is 17.3 Å². The molecular weight excluding hydrogens is 571 g/mol. The van der Waals surface area contributed by atoms with E-state index in [1.54, 1.807) is 0 Å². The maximum absolute atomic E-state index is 5.54. The van der Waals surface area contributed by atoms with Crippen molar-refractivity contribution in [3.05, 3.63) is 127 Å². The Balaban J connectivity index is 1.20. The summed E-state index contributed by atoms with van der Waals surface area (Å²) in [6.45, 7) is 2.60. The SMILES string of the molecule is CC12CC3(c4cccc(-c5nc(-n6c7ccccc7c7c8ccccc8ccc76)nc6c5ccc5ccccc56)c4)CC1CC[C@@H]2C3. The van der Waals surface area contributed by atoms with Crippen molar-refractivity contribution in [3.63, 3.8) is 0 Å². The summed E-state index contributed by atoms with van der Waals surface area (Å²) >= 11 is 0. The van der Waals surface area contributed by atoms with E-state index in [1.165, 1.54) is 70.2 Å². The van der Waals surface area contributed by atoms with Gasteiger partial charge >= 0.3 is 0 Å². The van der Waals surface area contributed by atoms with Crippen LogP contribution in [0.4, 0.5) is 0 Å². The van der Waals surface area contributed by atoms with E-state index in [2.05, 4.69) is 133 Å². The van der Waals surface area contributed by atoms with Gasteiger partial charge in [0.05, 0.1) is 22.2 Å². The molecule has 2 aromatic heterocycles. The minimum absolute atomic E-state index is 0.308. The maximum Gasteiger partial charge on any atom is 0.235 e. The van der Waals surface area contributed by atoms with E-state index < -0.39 is 0 Å². The molecule has 8 aromatic rings. The molecule has 2 bridgehead atoms. The van der Waals surface area contributed by atoms with Crippen LogP contribution in [0, 0.1) is 17.3 Å². The van der Waals surface area contributed by atoms with E-state index in [1.807, 2.05) is 0 Å². The lowest BCUT2D eigenvalue weighted by Gasteiger charge is -2.33. The lowest BCUT2D eigenvalue weighted by Crippen LogP contribution is -2.26. The number of fused-ring (bicyclic) bond motifs is 9. The molecule has 3 nitrogen and oxygen atoms in total. The molecule has 6 aromatic carbocycles. The number of hydrogen-bond donors (Lipinski definition) is 0. The Morgan fingerprint density at radius 1 is 0.617 bits per heavy atom. The minimum atomic E-state index is 0.308. The Bertz CT molecular complexity index is 2590. The van der Waals surface area contributed by atoms with Gasteiger partial charge in [-0.3, -0.25) is 4.57 Å². The first-order chi connectivity index (χ1) is 23.1. The topological polar surface area (TPSA) is 30.7 Å². The number of nitrogens with zero attached hydrogens (tertiary/aromatic N) is 3. The third-order valence-corrected chi connectivity index (χ3v) is 12.8. The molecule has 0 radical (unpaired) electrons. The first kappa shape index (κ1) is 26.1. The van der Waals surface area contributed by atoms with Crippen LogP contribution in [0.15, 0.2) is 121 Å². The van der Waals surface area contributed by atoms with Crippen molar-refractivity contribution in [2.45, 2.75) is 44.4 Å². The zero-order valence-electron chi connectivity index (χ0n) is 26.6. The number of rotatable bonds is 3. The second kappa shape index (κ2) is 9.07. The van der Waals surface area contributed by atoms with E-state index in [0.717, 1.165) is 50.8 Å². The molecule has 3 unspecified atom stereocenters. The molecule has 0 N–H and O–H groups in total. The predicted molar refractivity (Wildman–Crippen MR) is 194 cm³/mol. The molecular formula is C44H35N3. The largest absolute Gasteiger partial charge is 0.278 e. The summed E-state index contributed by atoms with van der Waals surface area (Å²) in [5, 5.41) is 8.45. The first-order valence-electron chi connectivity index (χ1n) is 17.3. The van der Waals surface area contributed by atoms with E-state index >= 15 is 0 Å². The second-order valence-corrected chi connectivity index (χ2v) is 15.0. The second-order valence-electron chi connectivity index (χ2n) is 15.0. The van der Waals surface area contributed by atoms with Crippen LogP contribution in [0.3, 0.4) is 0 Å². The molecule has 11 rings (SSSR count). The zero-order valence-corrected chi connectivity index (χ0v) is 26.6. The van der Waals surface area contributed by atoms with Gasteiger partial charge in [-0.25, -0.2) is 9.97 Å². The Kier molecular flexibility index (Phi) is 5.04. The van der Waals surface area contributed by atoms with Crippen molar-refractivity contribution >= 4 is 54.3 Å². The lowest BCUT2D eigenvalue weighted by atomic mass is 9.72. The third-order valence-electron chi connectivity index (χ3n) is 12.8. The molecule has 0 saturated heterocycles. The fourth-order valence-electron chi connectivity index (χ4n) is 10.7. The molecule has 0 aliphatic heterocycles. The van der Waals surface area contributed by atoms with Crippen molar-refractivity contribution in [1.82, 2.24) is 14.5 Å². The van der Waals surface area contributed by atoms with E-state index in [9.17, 15) is 0 Å². The Labute approximate surface area is 273 Å². The van der Waals surface area contributed by atoms with Gasteiger partial charge in [-0.15, -0.1) is 0 Å². The van der Waals surface area contributed by atoms with Crippen LogP contribution in [-0.2, 0) is 5.41 Å². The van der Waals surface area contributed by atoms with Crippen LogP contribution < -0.4 is 0 Å². The lowest BCUT2D eigenvalue weighted by molar-refractivity contribution is 0.195. The van der Waals surface area contributed by atoms with Crippen molar-refractivity contribution in [1.29, 1.82) is 0 Å². The first-order valence-corrected chi connectivity index (χ1v) is 17.3. The van der Waals surface area contributed by atoms with Gasteiger partial charge in [0.25, 0.3) is 0 Å². The van der Waals surface area contributed by atoms with Gasteiger partial charge in [0.1, 0.15) is 0 Å². The van der Waals surface area contributed by atoms with Gasteiger partial charge in [0.15, 0.2) is 0 Å². The molecule has 0 spiro atoms. The van der Waals surface area contributed by atoms with Gasteiger partial charge in [0, 0.05) is 27.1 Å². The highest BCUT2D eigenvalue weighted by Crippen LogP contribution is 2.72. The van der Waals surface area contributed by atoms with Gasteiger partial charge < -0.3 is 0 Å². The maximum atomic E-state index is 5.54. The van der Waals surface area contributed by atoms with E-state index in [-0.39, 0.29) is 0 Å². The summed E-state index contributed by atoms with van der Waals surface area (Å²) in [5.74, 6) is 2.49. The summed E-state index contributed by atoms with van der Waals surface area (Å²) in [4.78, 5) is 11.0. The number of hydrogen-bond acceptors (Lipinski definition) is 2. The van der Waals surface area contributed by atoms with E-state index in [0.29, 0.717) is 10.8 Å². The van der Waals surface area contributed by atoms with Gasteiger partial charge in [-0.1, -0.05) is 104 Å². The quantitative estimate of drug-likeness (QED) is 0.188. The van der Waals surface area contributed by atoms with Gasteiger partial charge in [-0.2, -0.15) is 0 Å². The Morgan fingerprint density at radius 3 is 2.13 bits per heavy atom. The summed E-state index contributed by atoms with van der Waals surface area (Å²) in [7, 11) is 0. The van der Waals surface area contributed by atoms with Gasteiger partial charge in [0.2, 0.25) is 5.95 Å². The molecule has 3 aliphatic rings. The van der Waals surface area contributed by atoms with E-state index in [4.69, 9.17) is 9.97 Å². The minimum Gasteiger partial charge on any atom is -0.278 e. The Hall–Kier alpha value is -5.02. The molecule has 3 fully saturated rings. The fraction of sp³-hybridized carbons (Fsp3) is 0.227. The normalized spacial score (nSPS) is 24.9. The van der Waals surface area contributed by atoms with Crippen molar-refractivity contribution in [2.75, 3.05) is 0 Å². The zero-order chi connectivity index (χ0) is 30.9. The summed E-state index contributed by atoms with van der Waals surface area (Å²) in [5.41, 5.74) is 7.84. The molecule has 0 amide bonds. The summed E-state index contributed by atoms with van der Waals surface area (Å²) < 4.78 is 2.29. The average molecular weight is 606 g/mol. The van der Waals surface area contributed by atoms with Gasteiger partial charge in [-0.05, 0) is 101 Å². The number of aromatic nitrogens is 3. The van der Waals surface area contributed by atoms with Crippen molar-refractivity contribution in [3.8, 4) is 17.2 Å². The molecule has 3 heteroatoms. The van der Waals surface area contributed by atoms with Crippen LogP contribution in [0.2, 0.25) is 0 Å². The third kappa shape index (κ3) is 3.42. The van der Waals surface area contributed by atoms with Crippen LogP contribution in [0.5, 0.6) is 0 Å². The monoisotopic (exact) mass is 605 g/mol. The van der Waals surface area contributed by atoms with Crippen LogP contribution in [0.1, 0.15) is 44.6 Å². The van der Waals surface area contributed by atoms with Crippen molar-refractivity contribution < 1.29 is 0 Å². The predicted octanol–water partition coefficient (Wildman–Crippen LogP) is 11.2. The van der Waals surface area contributed by atoms with Crippen LogP contribution in [0.25, 0.3) is 71.5 Å². The summed E-state index contributed by atoms with van der Waals surface area (Å²) in [6.07, 6.45) is 6.88. The molecule has 47 heavy (non-hydrogen) atoms. The smallest absolute Gasteiger partial charge is 0.235 e. The average Bonchev–Trinajstić information content (AvgIpc) is 3.75. The molecule has 4 atom stereocenters. The molecule has 3 saturated carbocycles. The fourth-order valence-corrected chi connectivity index (χ4v) is 10.7. The highest BCUT2D eigenvalue weighted by atomic mass is 15.2. The number of para-hydroxylation sites is 1. The highest BCUT2D eigenvalue weighted by Gasteiger charge is 2.65. The highest BCUT2D eigenvalue weighted by molar-refractivity contribution is 6.21. The van der Waals surface area contributed by atoms with Crippen LogP contribution >= 0.6 is 0 Å². The molecule has 226 valence electrons. The number of benzene rings is 6. The molecule has 2 heterocycles. The summed E-state index contributed by atoms with van der Waals surface area (Å²) in [6, 6.07) is 44.5. The molecule has 3 aliphatic carbocycles.